The van der Waals surface area contributed by atoms with E-state index < -0.39 is 0 Å². The average molecular weight is 446 g/mol. The zero-order valence-electron chi connectivity index (χ0n) is 16.8. The molecule has 1 N–H and O–H groups in total. The number of hydrogen-bond donors (Lipinski definition) is 1. The SMILES string of the molecule is COc1ccc(C(=O)Nc2cc(Cl)ccc2OC)cc1COc1ccc(Cl)c(C)c1. The first kappa shape index (κ1) is 21.8. The van der Waals surface area contributed by atoms with Gasteiger partial charge in [0.25, 0.3) is 5.91 Å². The number of anilines is 1. The quantitative estimate of drug-likeness (QED) is 0.473. The van der Waals surface area contributed by atoms with Crippen LogP contribution in [0.15, 0.2) is 54.6 Å². The van der Waals surface area contributed by atoms with Gasteiger partial charge in [0.1, 0.15) is 23.9 Å². The maximum absolute atomic E-state index is 12.8. The third-order valence-corrected chi connectivity index (χ3v) is 5.14. The Morgan fingerprint density at radius 1 is 0.933 bits per heavy atom. The van der Waals surface area contributed by atoms with Crippen LogP contribution in [0.5, 0.6) is 17.2 Å². The van der Waals surface area contributed by atoms with Crippen LogP contribution in [0.4, 0.5) is 5.69 Å². The van der Waals surface area contributed by atoms with Crippen LogP contribution in [-0.4, -0.2) is 20.1 Å². The van der Waals surface area contributed by atoms with Gasteiger partial charge in [-0.2, -0.15) is 0 Å². The van der Waals surface area contributed by atoms with Crippen LogP contribution < -0.4 is 19.5 Å². The zero-order valence-corrected chi connectivity index (χ0v) is 18.3. The van der Waals surface area contributed by atoms with Gasteiger partial charge in [0.2, 0.25) is 0 Å². The van der Waals surface area contributed by atoms with E-state index in [2.05, 4.69) is 5.32 Å². The summed E-state index contributed by atoms with van der Waals surface area (Å²) in [4.78, 5) is 12.8. The largest absolute Gasteiger partial charge is 0.496 e. The van der Waals surface area contributed by atoms with Crippen molar-refractivity contribution >= 4 is 34.8 Å². The molecular weight excluding hydrogens is 425 g/mol. The van der Waals surface area contributed by atoms with Crippen molar-refractivity contribution in [3.05, 3.63) is 81.3 Å². The maximum Gasteiger partial charge on any atom is 0.255 e. The molecule has 0 fully saturated rings. The average Bonchev–Trinajstić information content (AvgIpc) is 2.74. The van der Waals surface area contributed by atoms with Crippen LogP contribution in [0.3, 0.4) is 0 Å². The molecular formula is C23H21Cl2NO4. The predicted octanol–water partition coefficient (Wildman–Crippen LogP) is 6.15. The van der Waals surface area contributed by atoms with Gasteiger partial charge in [-0.25, -0.2) is 0 Å². The molecule has 0 radical (unpaired) electrons. The molecule has 0 aromatic heterocycles. The molecule has 3 aromatic rings. The maximum atomic E-state index is 12.8. The van der Waals surface area contributed by atoms with Crippen LogP contribution in [0.1, 0.15) is 21.5 Å². The van der Waals surface area contributed by atoms with Gasteiger partial charge >= 0.3 is 0 Å². The number of nitrogens with one attached hydrogen (secondary N) is 1. The highest BCUT2D eigenvalue weighted by molar-refractivity contribution is 6.31. The summed E-state index contributed by atoms with van der Waals surface area (Å²) in [6, 6.07) is 15.6. The zero-order chi connectivity index (χ0) is 21.7. The standard InChI is InChI=1S/C23H21Cl2NO4/c1-14-10-18(6-7-19(14)25)30-13-16-11-15(4-8-21(16)28-2)23(27)26-20-12-17(24)5-9-22(20)29-3/h4-12H,13H2,1-3H3,(H,26,27). The van der Waals surface area contributed by atoms with E-state index in [1.807, 2.05) is 13.0 Å². The van der Waals surface area contributed by atoms with Gasteiger partial charge in [0, 0.05) is 21.2 Å². The molecule has 0 atom stereocenters. The second-order valence-corrected chi connectivity index (χ2v) is 7.37. The Labute approximate surface area is 185 Å². The number of rotatable bonds is 7. The smallest absolute Gasteiger partial charge is 0.255 e. The number of methoxy groups -OCH3 is 2. The first-order chi connectivity index (χ1) is 14.4. The van der Waals surface area contributed by atoms with Gasteiger partial charge in [-0.05, 0) is 67.1 Å². The fourth-order valence-electron chi connectivity index (χ4n) is 2.87. The van der Waals surface area contributed by atoms with Crippen molar-refractivity contribution in [2.45, 2.75) is 13.5 Å². The van der Waals surface area contributed by atoms with E-state index in [4.69, 9.17) is 37.4 Å². The van der Waals surface area contributed by atoms with Crippen molar-refractivity contribution in [3.63, 3.8) is 0 Å². The highest BCUT2D eigenvalue weighted by atomic mass is 35.5. The molecule has 0 spiro atoms. The van der Waals surface area contributed by atoms with Crippen molar-refractivity contribution in [3.8, 4) is 17.2 Å². The van der Waals surface area contributed by atoms with Crippen LogP contribution in [0.2, 0.25) is 10.0 Å². The topological polar surface area (TPSA) is 56.8 Å². The Morgan fingerprint density at radius 3 is 2.37 bits per heavy atom. The van der Waals surface area contributed by atoms with Gasteiger partial charge in [-0.3, -0.25) is 4.79 Å². The summed E-state index contributed by atoms with van der Waals surface area (Å²) in [5, 5.41) is 4.00. The molecule has 0 saturated carbocycles. The number of halogens is 2. The van der Waals surface area contributed by atoms with E-state index in [-0.39, 0.29) is 12.5 Å². The third kappa shape index (κ3) is 5.17. The normalized spacial score (nSPS) is 10.4. The lowest BCUT2D eigenvalue weighted by Crippen LogP contribution is -2.13. The van der Waals surface area contributed by atoms with Crippen LogP contribution in [-0.2, 0) is 6.61 Å². The van der Waals surface area contributed by atoms with Crippen molar-refractivity contribution in [1.29, 1.82) is 0 Å². The molecule has 5 nitrogen and oxygen atoms in total. The summed E-state index contributed by atoms with van der Waals surface area (Å²) in [5.74, 6) is 1.51. The van der Waals surface area contributed by atoms with Gasteiger partial charge < -0.3 is 19.5 Å². The Kier molecular flexibility index (Phi) is 7.08. The van der Waals surface area contributed by atoms with Crippen molar-refractivity contribution in [2.24, 2.45) is 0 Å². The molecule has 0 heterocycles. The van der Waals surface area contributed by atoms with Gasteiger partial charge in [0.05, 0.1) is 19.9 Å². The van der Waals surface area contributed by atoms with Crippen molar-refractivity contribution in [1.82, 2.24) is 0 Å². The Balaban J connectivity index is 1.80. The number of carbonyl (C=O) groups excluding carboxylic acids is 1. The summed E-state index contributed by atoms with van der Waals surface area (Å²) < 4.78 is 16.6. The summed E-state index contributed by atoms with van der Waals surface area (Å²) in [5.41, 5.74) is 2.59. The Bertz CT molecular complexity index is 1070. The molecule has 0 saturated heterocycles. The molecule has 0 bridgehead atoms. The lowest BCUT2D eigenvalue weighted by molar-refractivity contribution is 0.102. The highest BCUT2D eigenvalue weighted by Gasteiger charge is 2.14. The summed E-state index contributed by atoms with van der Waals surface area (Å²) in [6.07, 6.45) is 0. The van der Waals surface area contributed by atoms with Crippen LogP contribution in [0.25, 0.3) is 0 Å². The molecule has 1 amide bonds. The van der Waals surface area contributed by atoms with E-state index in [9.17, 15) is 4.79 Å². The predicted molar refractivity (Wildman–Crippen MR) is 119 cm³/mol. The molecule has 0 unspecified atom stereocenters. The summed E-state index contributed by atoms with van der Waals surface area (Å²) in [7, 11) is 3.10. The molecule has 3 aromatic carbocycles. The van der Waals surface area contributed by atoms with E-state index in [1.54, 1.807) is 55.6 Å². The fourth-order valence-corrected chi connectivity index (χ4v) is 3.16. The molecule has 0 aliphatic rings. The molecule has 30 heavy (non-hydrogen) atoms. The van der Waals surface area contributed by atoms with Gasteiger partial charge in [-0.1, -0.05) is 23.2 Å². The summed E-state index contributed by atoms with van der Waals surface area (Å²) >= 11 is 12.1. The minimum Gasteiger partial charge on any atom is -0.496 e. The highest BCUT2D eigenvalue weighted by Crippen LogP contribution is 2.29. The number of aryl methyl sites for hydroxylation is 1. The minimum atomic E-state index is -0.304. The van der Waals surface area contributed by atoms with Crippen LogP contribution in [0, 0.1) is 6.92 Å². The lowest BCUT2D eigenvalue weighted by atomic mass is 10.1. The van der Waals surface area contributed by atoms with Crippen LogP contribution >= 0.6 is 23.2 Å². The first-order valence-electron chi connectivity index (χ1n) is 9.12. The lowest BCUT2D eigenvalue weighted by Gasteiger charge is -2.14. The molecule has 156 valence electrons. The fraction of sp³-hybridized carbons (Fsp3) is 0.174. The number of amides is 1. The summed E-state index contributed by atoms with van der Waals surface area (Å²) in [6.45, 7) is 2.14. The third-order valence-electron chi connectivity index (χ3n) is 4.48. The van der Waals surface area contributed by atoms with Gasteiger partial charge in [-0.15, -0.1) is 0 Å². The first-order valence-corrected chi connectivity index (χ1v) is 9.87. The van der Waals surface area contributed by atoms with E-state index in [0.717, 1.165) is 11.1 Å². The van der Waals surface area contributed by atoms with E-state index in [0.29, 0.717) is 38.5 Å². The second kappa shape index (κ2) is 9.74. The number of carbonyl (C=O) groups is 1. The Morgan fingerprint density at radius 2 is 1.67 bits per heavy atom. The number of hydrogen-bond acceptors (Lipinski definition) is 4. The van der Waals surface area contributed by atoms with Crippen molar-refractivity contribution in [2.75, 3.05) is 19.5 Å². The van der Waals surface area contributed by atoms with Gasteiger partial charge in [0.15, 0.2) is 0 Å². The van der Waals surface area contributed by atoms with E-state index >= 15 is 0 Å². The van der Waals surface area contributed by atoms with E-state index in [1.165, 1.54) is 7.11 Å². The van der Waals surface area contributed by atoms with Crippen molar-refractivity contribution < 1.29 is 19.0 Å². The second-order valence-electron chi connectivity index (χ2n) is 6.53. The molecule has 3 rings (SSSR count). The number of ether oxygens (including phenoxy) is 3. The molecule has 7 heteroatoms. The monoisotopic (exact) mass is 445 g/mol. The molecule has 0 aliphatic carbocycles. The Hall–Kier alpha value is -2.89. The number of benzene rings is 3. The molecule has 0 aliphatic heterocycles. The minimum absolute atomic E-state index is 0.228.